The molecule has 98 valence electrons. The Labute approximate surface area is 102 Å². The summed E-state index contributed by atoms with van der Waals surface area (Å²) in [5, 5.41) is 3.10. The Morgan fingerprint density at radius 2 is 2.06 bits per heavy atom. The zero-order valence-corrected chi connectivity index (χ0v) is 11.3. The molecule has 0 amide bonds. The molecule has 0 spiro atoms. The summed E-state index contributed by atoms with van der Waals surface area (Å²) in [5.74, 6) is -0.491. The lowest BCUT2D eigenvalue weighted by atomic mass is 9.81. The standard InChI is InChI=1S/C11H19NO4S/c1-10(2,3)16-9(13)11-6-12-4-8(11)5-17(14,15)7-11/h8,12H,4-7H2,1-3H3/t8-,11-/m0/s1. The average Bonchev–Trinajstić information content (AvgIpc) is 2.53. The Kier molecular flexibility index (Phi) is 2.78. The van der Waals surface area contributed by atoms with E-state index < -0.39 is 20.9 Å². The van der Waals surface area contributed by atoms with Gasteiger partial charge in [0.05, 0.1) is 16.9 Å². The zero-order chi connectivity index (χ0) is 12.9. The summed E-state index contributed by atoms with van der Waals surface area (Å²) < 4.78 is 28.7. The van der Waals surface area contributed by atoms with Crippen molar-refractivity contribution >= 4 is 15.8 Å². The maximum absolute atomic E-state index is 12.2. The second kappa shape index (κ2) is 3.68. The molecule has 2 aliphatic rings. The predicted molar refractivity (Wildman–Crippen MR) is 63.3 cm³/mol. The van der Waals surface area contributed by atoms with Gasteiger partial charge in [0.15, 0.2) is 9.84 Å². The molecule has 1 N–H and O–H groups in total. The third kappa shape index (κ3) is 2.33. The molecule has 2 aliphatic heterocycles. The molecule has 5 nitrogen and oxygen atoms in total. The fourth-order valence-corrected chi connectivity index (χ4v) is 5.04. The molecule has 2 saturated heterocycles. The van der Waals surface area contributed by atoms with Crippen molar-refractivity contribution in [3.63, 3.8) is 0 Å². The summed E-state index contributed by atoms with van der Waals surface area (Å²) >= 11 is 0. The number of carbonyl (C=O) groups excluding carboxylic acids is 1. The van der Waals surface area contributed by atoms with E-state index in [0.29, 0.717) is 13.1 Å². The Morgan fingerprint density at radius 3 is 2.65 bits per heavy atom. The summed E-state index contributed by atoms with van der Waals surface area (Å²) in [7, 11) is -3.11. The predicted octanol–water partition coefficient (Wildman–Crippen LogP) is -0.0377. The van der Waals surface area contributed by atoms with Gasteiger partial charge in [-0.2, -0.15) is 0 Å². The Morgan fingerprint density at radius 1 is 1.41 bits per heavy atom. The minimum atomic E-state index is -3.11. The van der Waals surface area contributed by atoms with Crippen molar-refractivity contribution in [2.45, 2.75) is 26.4 Å². The highest BCUT2D eigenvalue weighted by molar-refractivity contribution is 7.91. The van der Waals surface area contributed by atoms with Gasteiger partial charge < -0.3 is 10.1 Å². The molecule has 0 saturated carbocycles. The number of ether oxygens (including phenoxy) is 1. The van der Waals surface area contributed by atoms with Gasteiger partial charge in [0, 0.05) is 19.0 Å². The van der Waals surface area contributed by atoms with Crippen LogP contribution in [0.5, 0.6) is 0 Å². The molecule has 0 bridgehead atoms. The molecular weight excluding hydrogens is 242 g/mol. The first kappa shape index (κ1) is 12.8. The van der Waals surface area contributed by atoms with Crippen LogP contribution in [-0.2, 0) is 19.4 Å². The second-order valence-electron chi connectivity index (χ2n) is 6.04. The quantitative estimate of drug-likeness (QED) is 0.671. The van der Waals surface area contributed by atoms with Crippen LogP contribution in [0.2, 0.25) is 0 Å². The van der Waals surface area contributed by atoms with Crippen LogP contribution in [0.15, 0.2) is 0 Å². The number of sulfone groups is 1. The molecular formula is C11H19NO4S. The van der Waals surface area contributed by atoms with Crippen molar-refractivity contribution in [3.8, 4) is 0 Å². The molecule has 0 aromatic rings. The molecule has 17 heavy (non-hydrogen) atoms. The van der Waals surface area contributed by atoms with E-state index in [1.807, 2.05) is 0 Å². The van der Waals surface area contributed by atoms with Gasteiger partial charge in [-0.15, -0.1) is 0 Å². The second-order valence-corrected chi connectivity index (χ2v) is 8.15. The van der Waals surface area contributed by atoms with Crippen molar-refractivity contribution < 1.29 is 17.9 Å². The van der Waals surface area contributed by atoms with Crippen LogP contribution in [0.1, 0.15) is 20.8 Å². The number of rotatable bonds is 1. The lowest BCUT2D eigenvalue weighted by Gasteiger charge is -2.29. The van der Waals surface area contributed by atoms with Crippen molar-refractivity contribution in [3.05, 3.63) is 0 Å². The molecule has 0 radical (unpaired) electrons. The molecule has 0 aromatic heterocycles. The molecule has 6 heteroatoms. The largest absolute Gasteiger partial charge is 0.459 e. The topological polar surface area (TPSA) is 72.5 Å². The Bertz CT molecular complexity index is 437. The van der Waals surface area contributed by atoms with Gasteiger partial charge in [0.25, 0.3) is 0 Å². The fraction of sp³-hybridized carbons (Fsp3) is 0.909. The first-order chi connectivity index (χ1) is 7.65. The maximum atomic E-state index is 12.2. The summed E-state index contributed by atoms with van der Waals surface area (Å²) in [6.45, 7) is 6.37. The highest BCUT2D eigenvalue weighted by Crippen LogP contribution is 2.42. The molecule has 0 aliphatic carbocycles. The lowest BCUT2D eigenvalue weighted by Crippen LogP contribution is -2.43. The van der Waals surface area contributed by atoms with Crippen LogP contribution in [0, 0.1) is 11.3 Å². The highest BCUT2D eigenvalue weighted by Gasteiger charge is 2.59. The molecule has 2 heterocycles. The first-order valence-corrected chi connectivity index (χ1v) is 7.61. The Hall–Kier alpha value is -0.620. The van der Waals surface area contributed by atoms with Gasteiger partial charge in [-0.1, -0.05) is 0 Å². The minimum Gasteiger partial charge on any atom is -0.459 e. The van der Waals surface area contributed by atoms with Gasteiger partial charge >= 0.3 is 5.97 Å². The summed E-state index contributed by atoms with van der Waals surface area (Å²) in [5.41, 5.74) is -1.43. The van der Waals surface area contributed by atoms with Gasteiger partial charge in [-0.3, -0.25) is 4.79 Å². The molecule has 2 fully saturated rings. The van der Waals surface area contributed by atoms with E-state index >= 15 is 0 Å². The van der Waals surface area contributed by atoms with E-state index in [-0.39, 0.29) is 23.4 Å². The molecule has 0 unspecified atom stereocenters. The number of fused-ring (bicyclic) bond motifs is 1. The van der Waals surface area contributed by atoms with Gasteiger partial charge in [-0.05, 0) is 20.8 Å². The van der Waals surface area contributed by atoms with Gasteiger partial charge in [0.1, 0.15) is 5.60 Å². The van der Waals surface area contributed by atoms with Crippen molar-refractivity contribution in [1.82, 2.24) is 5.32 Å². The van der Waals surface area contributed by atoms with Crippen LogP contribution < -0.4 is 5.32 Å². The third-order valence-corrected chi connectivity index (χ3v) is 5.22. The van der Waals surface area contributed by atoms with Crippen LogP contribution >= 0.6 is 0 Å². The number of carbonyl (C=O) groups is 1. The van der Waals surface area contributed by atoms with Crippen LogP contribution in [0.3, 0.4) is 0 Å². The number of esters is 1. The van der Waals surface area contributed by atoms with Crippen LogP contribution in [-0.4, -0.2) is 44.6 Å². The van der Waals surface area contributed by atoms with Gasteiger partial charge in [0.2, 0.25) is 0 Å². The van der Waals surface area contributed by atoms with Crippen LogP contribution in [0.4, 0.5) is 0 Å². The van der Waals surface area contributed by atoms with E-state index in [1.54, 1.807) is 20.8 Å². The van der Waals surface area contributed by atoms with Crippen molar-refractivity contribution in [2.75, 3.05) is 24.6 Å². The van der Waals surface area contributed by atoms with Crippen LogP contribution in [0.25, 0.3) is 0 Å². The minimum absolute atomic E-state index is 0.0768. The molecule has 2 rings (SSSR count). The van der Waals surface area contributed by atoms with E-state index in [4.69, 9.17) is 4.74 Å². The van der Waals surface area contributed by atoms with Crippen molar-refractivity contribution in [2.24, 2.45) is 11.3 Å². The summed E-state index contributed by atoms with van der Waals surface area (Å²) in [4.78, 5) is 12.2. The number of hydrogen-bond acceptors (Lipinski definition) is 5. The number of hydrogen-bond donors (Lipinski definition) is 1. The average molecular weight is 261 g/mol. The van der Waals surface area contributed by atoms with Gasteiger partial charge in [-0.25, -0.2) is 8.42 Å². The molecule has 2 atom stereocenters. The smallest absolute Gasteiger partial charge is 0.315 e. The van der Waals surface area contributed by atoms with Crippen molar-refractivity contribution in [1.29, 1.82) is 0 Å². The maximum Gasteiger partial charge on any atom is 0.315 e. The third-order valence-electron chi connectivity index (χ3n) is 3.35. The first-order valence-electron chi connectivity index (χ1n) is 5.79. The normalized spacial score (nSPS) is 35.6. The highest BCUT2D eigenvalue weighted by atomic mass is 32.2. The Balaban J connectivity index is 2.26. The SMILES string of the molecule is CC(C)(C)OC(=O)[C@]12CNC[C@H]1CS(=O)(=O)C2. The number of nitrogens with one attached hydrogen (secondary N) is 1. The van der Waals surface area contributed by atoms with E-state index in [9.17, 15) is 13.2 Å². The van der Waals surface area contributed by atoms with E-state index in [1.165, 1.54) is 0 Å². The fourth-order valence-electron chi connectivity index (χ4n) is 2.63. The zero-order valence-electron chi connectivity index (χ0n) is 10.4. The van der Waals surface area contributed by atoms with E-state index in [0.717, 1.165) is 0 Å². The van der Waals surface area contributed by atoms with E-state index in [2.05, 4.69) is 5.32 Å². The summed E-state index contributed by atoms with van der Waals surface area (Å²) in [6.07, 6.45) is 0. The monoisotopic (exact) mass is 261 g/mol. The lowest BCUT2D eigenvalue weighted by molar-refractivity contribution is -0.166. The molecule has 0 aromatic carbocycles. The summed E-state index contributed by atoms with van der Waals surface area (Å²) in [6, 6.07) is 0.